The molecule has 20 heavy (non-hydrogen) atoms. The first kappa shape index (κ1) is 14.5. The Morgan fingerprint density at radius 1 is 1.20 bits per heavy atom. The van der Waals surface area contributed by atoms with Crippen LogP contribution in [-0.2, 0) is 0 Å². The van der Waals surface area contributed by atoms with Crippen LogP contribution in [0, 0.1) is 11.6 Å². The van der Waals surface area contributed by atoms with Gasteiger partial charge in [0.15, 0.2) is 11.6 Å². The average Bonchev–Trinajstić information content (AvgIpc) is 2.38. The number of hydrogen-bond donors (Lipinski definition) is 1. The molecule has 1 aromatic carbocycles. The van der Waals surface area contributed by atoms with Gasteiger partial charge >= 0.3 is 0 Å². The van der Waals surface area contributed by atoms with Crippen LogP contribution in [0.3, 0.4) is 0 Å². The molecule has 0 atom stereocenters. The van der Waals surface area contributed by atoms with Crippen LogP contribution in [-0.4, -0.2) is 16.1 Å². The number of hydrogen-bond acceptors (Lipinski definition) is 5. The number of anilines is 1. The smallest absolute Gasteiger partial charge is 0.241 e. The minimum atomic E-state index is -0.915. The molecule has 0 saturated carbocycles. The molecule has 0 unspecified atom stereocenters. The summed E-state index contributed by atoms with van der Waals surface area (Å²) in [5.74, 6) is -1.53. The summed E-state index contributed by atoms with van der Waals surface area (Å²) in [6, 6.07) is 3.60. The molecule has 0 aliphatic rings. The average molecular weight is 297 g/mol. The van der Waals surface area contributed by atoms with Crippen LogP contribution in [0.25, 0.3) is 0 Å². The van der Waals surface area contributed by atoms with E-state index in [1.165, 1.54) is 12.4 Å². The van der Waals surface area contributed by atoms with Crippen LogP contribution >= 0.6 is 11.8 Å². The van der Waals surface area contributed by atoms with Crippen molar-refractivity contribution in [3.8, 4) is 5.88 Å². The lowest BCUT2D eigenvalue weighted by Gasteiger charge is -2.12. The summed E-state index contributed by atoms with van der Waals surface area (Å²) in [6.45, 7) is 3.70. The van der Waals surface area contributed by atoms with E-state index in [-0.39, 0.29) is 17.7 Å². The highest BCUT2D eigenvalue weighted by Crippen LogP contribution is 2.34. The number of rotatable bonds is 4. The minimum absolute atomic E-state index is 0.0756. The fourth-order valence-corrected chi connectivity index (χ4v) is 2.23. The Morgan fingerprint density at radius 2 is 1.95 bits per heavy atom. The van der Waals surface area contributed by atoms with Gasteiger partial charge < -0.3 is 10.5 Å². The molecule has 1 heterocycles. The van der Waals surface area contributed by atoms with E-state index in [1.54, 1.807) is 0 Å². The predicted octanol–water partition coefficient (Wildman–Crippen LogP) is 3.28. The fourth-order valence-electron chi connectivity index (χ4n) is 1.41. The van der Waals surface area contributed by atoms with Crippen LogP contribution in [0.5, 0.6) is 5.88 Å². The molecule has 0 fully saturated rings. The zero-order valence-electron chi connectivity index (χ0n) is 10.9. The van der Waals surface area contributed by atoms with E-state index in [1.807, 2.05) is 13.8 Å². The summed E-state index contributed by atoms with van der Waals surface area (Å²) < 4.78 is 31.5. The number of halogens is 2. The standard InChI is InChI=1S/C13H13F2N3OS/c1-7(2)19-12-11(16)13(18-6-17-12)20-8-3-4-9(14)10(15)5-8/h3-7H,16H2,1-2H3. The molecule has 0 spiro atoms. The van der Waals surface area contributed by atoms with Crippen molar-refractivity contribution in [2.75, 3.05) is 5.73 Å². The van der Waals surface area contributed by atoms with Crippen molar-refractivity contribution in [1.82, 2.24) is 9.97 Å². The monoisotopic (exact) mass is 297 g/mol. The molecule has 0 saturated heterocycles. The Balaban J connectivity index is 2.27. The molecule has 106 valence electrons. The normalized spacial score (nSPS) is 10.8. The van der Waals surface area contributed by atoms with Gasteiger partial charge in [-0.2, -0.15) is 4.98 Å². The number of nitrogens with two attached hydrogens (primary N) is 1. The van der Waals surface area contributed by atoms with E-state index in [9.17, 15) is 8.78 Å². The molecule has 0 aliphatic carbocycles. The molecular formula is C13H13F2N3OS. The lowest BCUT2D eigenvalue weighted by molar-refractivity contribution is 0.233. The number of aromatic nitrogens is 2. The molecule has 1 aromatic heterocycles. The summed E-state index contributed by atoms with van der Waals surface area (Å²) in [5, 5.41) is 0.432. The second kappa shape index (κ2) is 6.04. The molecule has 4 nitrogen and oxygen atoms in total. The largest absolute Gasteiger partial charge is 0.473 e. The Bertz CT molecular complexity index is 623. The van der Waals surface area contributed by atoms with Gasteiger partial charge in [-0.25, -0.2) is 13.8 Å². The quantitative estimate of drug-likeness (QED) is 0.878. The van der Waals surface area contributed by atoms with Gasteiger partial charge in [0.25, 0.3) is 0 Å². The highest BCUT2D eigenvalue weighted by atomic mass is 32.2. The number of benzene rings is 1. The van der Waals surface area contributed by atoms with Crippen molar-refractivity contribution in [3.63, 3.8) is 0 Å². The Hall–Kier alpha value is -1.89. The zero-order chi connectivity index (χ0) is 14.7. The van der Waals surface area contributed by atoms with E-state index in [4.69, 9.17) is 10.5 Å². The van der Waals surface area contributed by atoms with Crippen LogP contribution < -0.4 is 10.5 Å². The fraction of sp³-hybridized carbons (Fsp3) is 0.231. The maximum Gasteiger partial charge on any atom is 0.241 e. The van der Waals surface area contributed by atoms with Gasteiger partial charge in [-0.3, -0.25) is 0 Å². The van der Waals surface area contributed by atoms with Crippen LogP contribution in [0.1, 0.15) is 13.8 Å². The van der Waals surface area contributed by atoms with E-state index in [2.05, 4.69) is 9.97 Å². The summed E-state index contributed by atoms with van der Waals surface area (Å²) in [5.41, 5.74) is 6.18. The molecular weight excluding hydrogens is 284 g/mol. The van der Waals surface area contributed by atoms with Gasteiger partial charge in [-0.15, -0.1) is 0 Å². The Morgan fingerprint density at radius 3 is 2.60 bits per heavy atom. The maximum atomic E-state index is 13.2. The second-order valence-corrected chi connectivity index (χ2v) is 5.30. The maximum absolute atomic E-state index is 13.2. The van der Waals surface area contributed by atoms with Crippen LogP contribution in [0.4, 0.5) is 14.5 Å². The number of ether oxygens (including phenoxy) is 1. The predicted molar refractivity (Wildman–Crippen MR) is 72.7 cm³/mol. The van der Waals surface area contributed by atoms with Crippen molar-refractivity contribution in [3.05, 3.63) is 36.2 Å². The van der Waals surface area contributed by atoms with Crippen molar-refractivity contribution < 1.29 is 13.5 Å². The highest BCUT2D eigenvalue weighted by Gasteiger charge is 2.13. The highest BCUT2D eigenvalue weighted by molar-refractivity contribution is 7.99. The van der Waals surface area contributed by atoms with Crippen LogP contribution in [0.15, 0.2) is 34.4 Å². The molecule has 2 aromatic rings. The molecule has 0 bridgehead atoms. The van der Waals surface area contributed by atoms with E-state index < -0.39 is 11.6 Å². The van der Waals surface area contributed by atoms with Crippen molar-refractivity contribution in [2.24, 2.45) is 0 Å². The molecule has 0 amide bonds. The SMILES string of the molecule is CC(C)Oc1ncnc(Sc2ccc(F)c(F)c2)c1N. The summed E-state index contributed by atoms with van der Waals surface area (Å²) in [4.78, 5) is 8.46. The van der Waals surface area contributed by atoms with E-state index >= 15 is 0 Å². The minimum Gasteiger partial charge on any atom is -0.473 e. The molecule has 7 heteroatoms. The second-order valence-electron chi connectivity index (χ2n) is 4.24. The van der Waals surface area contributed by atoms with Gasteiger partial charge in [-0.1, -0.05) is 11.8 Å². The van der Waals surface area contributed by atoms with Gasteiger partial charge in [0.05, 0.1) is 6.10 Å². The van der Waals surface area contributed by atoms with Gasteiger partial charge in [0.1, 0.15) is 17.0 Å². The summed E-state index contributed by atoms with van der Waals surface area (Å²) in [6.07, 6.45) is 1.24. The van der Waals surface area contributed by atoms with Gasteiger partial charge in [-0.05, 0) is 32.0 Å². The first-order valence-corrected chi connectivity index (χ1v) is 6.69. The number of nitrogens with zero attached hydrogens (tertiary/aromatic N) is 2. The number of nitrogen functional groups attached to an aromatic ring is 1. The molecule has 2 rings (SSSR count). The lowest BCUT2D eigenvalue weighted by atomic mass is 10.3. The molecule has 0 radical (unpaired) electrons. The van der Waals surface area contributed by atoms with Crippen molar-refractivity contribution >= 4 is 17.4 Å². The third-order valence-electron chi connectivity index (χ3n) is 2.26. The van der Waals surface area contributed by atoms with Crippen molar-refractivity contribution in [1.29, 1.82) is 0 Å². The topological polar surface area (TPSA) is 61.0 Å². The van der Waals surface area contributed by atoms with E-state index in [0.29, 0.717) is 9.92 Å². The van der Waals surface area contributed by atoms with Gasteiger partial charge in [0, 0.05) is 4.90 Å². The summed E-state index contributed by atoms with van der Waals surface area (Å²) >= 11 is 1.12. The third kappa shape index (κ3) is 3.36. The Kier molecular flexibility index (Phi) is 4.39. The summed E-state index contributed by atoms with van der Waals surface area (Å²) in [7, 11) is 0. The zero-order valence-corrected chi connectivity index (χ0v) is 11.7. The lowest BCUT2D eigenvalue weighted by Crippen LogP contribution is -2.09. The first-order valence-electron chi connectivity index (χ1n) is 5.87. The first-order chi connectivity index (χ1) is 9.47. The van der Waals surface area contributed by atoms with Crippen molar-refractivity contribution in [2.45, 2.75) is 29.9 Å². The molecule has 0 aliphatic heterocycles. The Labute approximate surface area is 119 Å². The third-order valence-corrected chi connectivity index (χ3v) is 3.27. The molecule has 2 N–H and O–H groups in total. The van der Waals surface area contributed by atoms with Gasteiger partial charge in [0.2, 0.25) is 5.88 Å². The van der Waals surface area contributed by atoms with E-state index in [0.717, 1.165) is 23.9 Å². The van der Waals surface area contributed by atoms with Crippen LogP contribution in [0.2, 0.25) is 0 Å².